The van der Waals surface area contributed by atoms with Crippen molar-refractivity contribution in [3.05, 3.63) is 29.8 Å². The number of hydrogen-bond donors (Lipinski definition) is 0. The number of nitriles is 1. The second-order valence-electron chi connectivity index (χ2n) is 6.05. The maximum atomic E-state index is 12.7. The summed E-state index contributed by atoms with van der Waals surface area (Å²) in [5.41, 5.74) is 0.140. The van der Waals surface area contributed by atoms with Gasteiger partial charge in [0.25, 0.3) is 0 Å². The molecule has 1 aliphatic rings. The van der Waals surface area contributed by atoms with Gasteiger partial charge in [0.15, 0.2) is 0 Å². The molecular formula is C17H22N2O4S. The van der Waals surface area contributed by atoms with E-state index >= 15 is 0 Å². The number of carbonyl (C=O) groups excluding carboxylic acids is 1. The first kappa shape index (κ1) is 18.4. The van der Waals surface area contributed by atoms with Crippen molar-refractivity contribution in [2.75, 3.05) is 14.2 Å². The van der Waals surface area contributed by atoms with Crippen molar-refractivity contribution >= 4 is 16.0 Å². The van der Waals surface area contributed by atoms with Gasteiger partial charge in [-0.25, -0.2) is 8.42 Å². The monoisotopic (exact) mass is 350 g/mol. The molecule has 1 aliphatic carbocycles. The SMILES string of the molecule is CCC[C@H](C#N)N(C)S(=O)(=O)c1ccc(C2(C(=O)OC)CC2)cc1. The van der Waals surface area contributed by atoms with Crippen molar-refractivity contribution in [1.82, 2.24) is 4.31 Å². The van der Waals surface area contributed by atoms with E-state index in [1.54, 1.807) is 12.1 Å². The fraction of sp³-hybridized carbons (Fsp3) is 0.529. The third kappa shape index (κ3) is 3.17. The first-order chi connectivity index (χ1) is 11.3. The summed E-state index contributed by atoms with van der Waals surface area (Å²) in [4.78, 5) is 12.0. The number of nitrogens with zero attached hydrogens (tertiary/aromatic N) is 2. The number of sulfonamides is 1. The molecule has 0 aliphatic heterocycles. The molecule has 1 fully saturated rings. The van der Waals surface area contributed by atoms with Gasteiger partial charge in [-0.15, -0.1) is 0 Å². The molecule has 1 aromatic carbocycles. The Hall–Kier alpha value is -1.91. The summed E-state index contributed by atoms with van der Waals surface area (Å²) >= 11 is 0. The Balaban J connectivity index is 2.27. The largest absolute Gasteiger partial charge is 0.468 e. The molecule has 1 atom stereocenters. The molecule has 1 saturated carbocycles. The highest BCUT2D eigenvalue weighted by molar-refractivity contribution is 7.89. The summed E-state index contributed by atoms with van der Waals surface area (Å²) in [5.74, 6) is -0.289. The van der Waals surface area contributed by atoms with Crippen molar-refractivity contribution in [3.63, 3.8) is 0 Å². The van der Waals surface area contributed by atoms with Crippen molar-refractivity contribution in [2.45, 2.75) is 49.0 Å². The van der Waals surface area contributed by atoms with Crippen LogP contribution in [0.25, 0.3) is 0 Å². The average molecular weight is 350 g/mol. The minimum atomic E-state index is -3.75. The highest BCUT2D eigenvalue weighted by Gasteiger charge is 2.52. The second-order valence-corrected chi connectivity index (χ2v) is 8.05. The van der Waals surface area contributed by atoms with E-state index in [1.807, 2.05) is 13.0 Å². The number of methoxy groups -OCH3 is 1. The zero-order chi connectivity index (χ0) is 18.0. The van der Waals surface area contributed by atoms with E-state index in [4.69, 9.17) is 4.74 Å². The molecule has 24 heavy (non-hydrogen) atoms. The van der Waals surface area contributed by atoms with Gasteiger partial charge >= 0.3 is 5.97 Å². The van der Waals surface area contributed by atoms with Crippen molar-refractivity contribution in [2.24, 2.45) is 0 Å². The number of ether oxygens (including phenoxy) is 1. The smallest absolute Gasteiger partial charge is 0.316 e. The van der Waals surface area contributed by atoms with Gasteiger partial charge < -0.3 is 4.74 Å². The number of benzene rings is 1. The molecule has 130 valence electrons. The molecule has 0 heterocycles. The molecule has 0 saturated heterocycles. The van der Waals surface area contributed by atoms with Crippen LogP contribution in [0.15, 0.2) is 29.2 Å². The number of hydrogen-bond acceptors (Lipinski definition) is 5. The van der Waals surface area contributed by atoms with E-state index in [-0.39, 0.29) is 10.9 Å². The Labute approximate surface area is 143 Å². The molecule has 1 aromatic rings. The third-order valence-corrected chi connectivity index (χ3v) is 6.44. The molecule has 0 unspecified atom stereocenters. The third-order valence-electron chi connectivity index (χ3n) is 4.56. The average Bonchev–Trinajstić information content (AvgIpc) is 3.40. The van der Waals surface area contributed by atoms with Crippen molar-refractivity contribution < 1.29 is 17.9 Å². The minimum Gasteiger partial charge on any atom is -0.468 e. The lowest BCUT2D eigenvalue weighted by atomic mass is 9.96. The van der Waals surface area contributed by atoms with E-state index in [1.165, 1.54) is 26.3 Å². The molecule has 0 N–H and O–H groups in total. The quantitative estimate of drug-likeness (QED) is 0.704. The Kier molecular flexibility index (Phi) is 5.31. The van der Waals surface area contributed by atoms with Crippen LogP contribution in [-0.2, 0) is 25.0 Å². The molecule has 0 amide bonds. The van der Waals surface area contributed by atoms with Crippen LogP contribution in [-0.4, -0.2) is 38.9 Å². The summed E-state index contributed by atoms with van der Waals surface area (Å²) in [6, 6.07) is 7.64. The number of rotatable bonds is 7. The Morgan fingerprint density at radius 3 is 2.38 bits per heavy atom. The van der Waals surface area contributed by atoms with Crippen LogP contribution in [0.2, 0.25) is 0 Å². The van der Waals surface area contributed by atoms with Crippen LogP contribution in [0.3, 0.4) is 0 Å². The maximum absolute atomic E-state index is 12.7. The number of carbonyl (C=O) groups is 1. The van der Waals surface area contributed by atoms with Gasteiger partial charge in [-0.3, -0.25) is 4.79 Å². The van der Waals surface area contributed by atoms with Crippen LogP contribution in [0.5, 0.6) is 0 Å². The van der Waals surface area contributed by atoms with Gasteiger partial charge in [0, 0.05) is 7.05 Å². The predicted octanol–water partition coefficient (Wildman–Crippen LogP) is 2.20. The molecule has 0 radical (unpaired) electrons. The predicted molar refractivity (Wildman–Crippen MR) is 88.6 cm³/mol. The Morgan fingerprint density at radius 1 is 1.38 bits per heavy atom. The molecule has 0 aromatic heterocycles. The van der Waals surface area contributed by atoms with Gasteiger partial charge in [-0.05, 0) is 37.0 Å². The van der Waals surface area contributed by atoms with E-state index in [9.17, 15) is 18.5 Å². The first-order valence-corrected chi connectivity index (χ1v) is 9.34. The molecule has 0 spiro atoms. The zero-order valence-corrected chi connectivity index (χ0v) is 15.0. The van der Waals surface area contributed by atoms with Crippen LogP contribution in [0.4, 0.5) is 0 Å². The lowest BCUT2D eigenvalue weighted by molar-refractivity contribution is -0.143. The molecule has 7 heteroatoms. The zero-order valence-electron chi connectivity index (χ0n) is 14.2. The molecule has 2 rings (SSSR count). The van der Waals surface area contributed by atoms with Gasteiger partial charge in [0.2, 0.25) is 10.0 Å². The summed E-state index contributed by atoms with van der Waals surface area (Å²) in [7, 11) is -0.972. The Morgan fingerprint density at radius 2 is 1.96 bits per heavy atom. The summed E-state index contributed by atoms with van der Waals surface area (Å²) in [6.07, 6.45) is 2.62. The summed E-state index contributed by atoms with van der Waals surface area (Å²) in [5, 5.41) is 9.18. The topological polar surface area (TPSA) is 87.5 Å². The highest BCUT2D eigenvalue weighted by atomic mass is 32.2. The van der Waals surface area contributed by atoms with Crippen LogP contribution >= 0.6 is 0 Å². The van der Waals surface area contributed by atoms with E-state index in [0.29, 0.717) is 19.3 Å². The lowest BCUT2D eigenvalue weighted by Gasteiger charge is -2.22. The standard InChI is InChI=1S/C17H22N2O4S/c1-4-5-14(12-18)19(2)24(21,22)15-8-6-13(7-9-15)17(10-11-17)16(20)23-3/h6-9,14H,4-5,10-11H2,1-3H3/t14-/m1/s1. The van der Waals surface area contributed by atoms with Crippen molar-refractivity contribution in [3.8, 4) is 6.07 Å². The van der Waals surface area contributed by atoms with Gasteiger partial charge in [-0.1, -0.05) is 25.5 Å². The minimum absolute atomic E-state index is 0.116. The Bertz CT molecular complexity index is 746. The van der Waals surface area contributed by atoms with Gasteiger partial charge in [-0.2, -0.15) is 9.57 Å². The number of esters is 1. The lowest BCUT2D eigenvalue weighted by Crippen LogP contribution is -2.36. The van der Waals surface area contributed by atoms with Crippen LogP contribution in [0.1, 0.15) is 38.2 Å². The van der Waals surface area contributed by atoms with Gasteiger partial charge in [0.1, 0.15) is 6.04 Å². The maximum Gasteiger partial charge on any atom is 0.316 e. The van der Waals surface area contributed by atoms with Crippen LogP contribution in [0, 0.1) is 11.3 Å². The summed E-state index contributed by atoms with van der Waals surface area (Å²) < 4.78 is 31.3. The van der Waals surface area contributed by atoms with E-state index in [0.717, 1.165) is 16.3 Å². The van der Waals surface area contributed by atoms with E-state index < -0.39 is 21.5 Å². The van der Waals surface area contributed by atoms with Crippen LogP contribution < -0.4 is 0 Å². The summed E-state index contributed by atoms with van der Waals surface area (Å²) in [6.45, 7) is 1.90. The first-order valence-electron chi connectivity index (χ1n) is 7.90. The molecule has 6 nitrogen and oxygen atoms in total. The fourth-order valence-corrected chi connectivity index (χ4v) is 4.11. The fourth-order valence-electron chi connectivity index (χ4n) is 2.81. The molecule has 0 bridgehead atoms. The van der Waals surface area contributed by atoms with Gasteiger partial charge in [0.05, 0.1) is 23.5 Å². The second kappa shape index (κ2) is 6.91. The highest BCUT2D eigenvalue weighted by Crippen LogP contribution is 2.49. The molecular weight excluding hydrogens is 328 g/mol. The van der Waals surface area contributed by atoms with E-state index in [2.05, 4.69) is 0 Å². The van der Waals surface area contributed by atoms with Crippen molar-refractivity contribution in [1.29, 1.82) is 5.26 Å². The normalized spacial score (nSPS) is 17.1.